The Balaban J connectivity index is 1.66. The third-order valence-electron chi connectivity index (χ3n) is 5.36. The lowest BCUT2D eigenvalue weighted by Crippen LogP contribution is -2.45. The fourth-order valence-corrected chi connectivity index (χ4v) is 3.58. The fraction of sp³-hybridized carbons (Fsp3) is 0.304. The molecule has 1 N–H and O–H groups in total. The SMILES string of the molecule is CN1CCN(c2nc3ccccc3nc2[C@@H](C#N)C(=O)NCc2ccccc2)CC1. The van der Waals surface area contributed by atoms with Gasteiger partial charge in [0.15, 0.2) is 11.7 Å². The number of aromatic nitrogens is 2. The fourth-order valence-electron chi connectivity index (χ4n) is 3.58. The molecule has 2 heterocycles. The monoisotopic (exact) mass is 400 g/mol. The molecule has 152 valence electrons. The van der Waals surface area contributed by atoms with Gasteiger partial charge in [-0.15, -0.1) is 0 Å². The third kappa shape index (κ3) is 4.24. The van der Waals surface area contributed by atoms with Crippen LogP contribution in [-0.4, -0.2) is 54.0 Å². The molecule has 1 amide bonds. The van der Waals surface area contributed by atoms with E-state index in [1.807, 2.05) is 54.6 Å². The summed E-state index contributed by atoms with van der Waals surface area (Å²) in [4.78, 5) is 26.8. The van der Waals surface area contributed by atoms with Crippen LogP contribution >= 0.6 is 0 Å². The van der Waals surface area contributed by atoms with E-state index in [1.165, 1.54) is 0 Å². The van der Waals surface area contributed by atoms with Gasteiger partial charge in [-0.25, -0.2) is 9.97 Å². The second-order valence-corrected chi connectivity index (χ2v) is 7.48. The highest BCUT2D eigenvalue weighted by molar-refractivity contribution is 5.88. The number of nitrogens with one attached hydrogen (secondary N) is 1. The van der Waals surface area contributed by atoms with E-state index < -0.39 is 5.92 Å². The molecule has 2 aromatic carbocycles. The Morgan fingerprint density at radius 1 is 1.03 bits per heavy atom. The van der Waals surface area contributed by atoms with Crippen molar-refractivity contribution >= 4 is 22.8 Å². The van der Waals surface area contributed by atoms with E-state index in [-0.39, 0.29) is 5.91 Å². The molecule has 0 bridgehead atoms. The number of fused-ring (bicyclic) bond motifs is 1. The maximum Gasteiger partial charge on any atom is 0.243 e. The van der Waals surface area contributed by atoms with Crippen LogP contribution in [0.4, 0.5) is 5.82 Å². The number of hydrogen-bond acceptors (Lipinski definition) is 6. The van der Waals surface area contributed by atoms with Crippen molar-refractivity contribution in [2.45, 2.75) is 12.5 Å². The van der Waals surface area contributed by atoms with Crippen LogP contribution in [0.15, 0.2) is 54.6 Å². The zero-order chi connectivity index (χ0) is 20.9. The molecule has 1 aromatic heterocycles. The van der Waals surface area contributed by atoms with E-state index in [0.717, 1.165) is 37.3 Å². The van der Waals surface area contributed by atoms with Gasteiger partial charge in [-0.2, -0.15) is 5.26 Å². The summed E-state index contributed by atoms with van der Waals surface area (Å²) in [5.41, 5.74) is 2.84. The summed E-state index contributed by atoms with van der Waals surface area (Å²) in [5.74, 6) is -0.759. The number of rotatable bonds is 5. The first-order valence-corrected chi connectivity index (χ1v) is 10.1. The molecule has 0 aliphatic carbocycles. The van der Waals surface area contributed by atoms with Crippen molar-refractivity contribution in [3.8, 4) is 6.07 Å². The molecular weight excluding hydrogens is 376 g/mol. The van der Waals surface area contributed by atoms with Gasteiger partial charge < -0.3 is 15.1 Å². The van der Waals surface area contributed by atoms with Gasteiger partial charge in [0.25, 0.3) is 0 Å². The van der Waals surface area contributed by atoms with E-state index in [1.54, 1.807) is 0 Å². The number of amides is 1. The quantitative estimate of drug-likeness (QED) is 0.707. The van der Waals surface area contributed by atoms with E-state index >= 15 is 0 Å². The normalized spacial score (nSPS) is 15.5. The summed E-state index contributed by atoms with van der Waals surface area (Å²) in [6, 6.07) is 19.4. The second kappa shape index (κ2) is 8.89. The second-order valence-electron chi connectivity index (χ2n) is 7.48. The van der Waals surface area contributed by atoms with Gasteiger partial charge in [0, 0.05) is 32.7 Å². The Hall–Kier alpha value is -3.50. The predicted octanol–water partition coefficient (Wildman–Crippen LogP) is 2.31. The summed E-state index contributed by atoms with van der Waals surface area (Å²) in [6.45, 7) is 3.71. The molecule has 30 heavy (non-hydrogen) atoms. The smallest absolute Gasteiger partial charge is 0.243 e. The van der Waals surface area contributed by atoms with E-state index in [4.69, 9.17) is 9.97 Å². The maximum atomic E-state index is 12.9. The zero-order valence-corrected chi connectivity index (χ0v) is 17.0. The van der Waals surface area contributed by atoms with Crippen molar-refractivity contribution in [3.05, 3.63) is 65.9 Å². The molecule has 0 saturated carbocycles. The molecule has 1 aliphatic rings. The van der Waals surface area contributed by atoms with Gasteiger partial charge in [0.2, 0.25) is 5.91 Å². The van der Waals surface area contributed by atoms with Gasteiger partial charge in [-0.05, 0) is 24.7 Å². The summed E-state index contributed by atoms with van der Waals surface area (Å²) in [6.07, 6.45) is 0. The molecule has 1 fully saturated rings. The number of hydrogen-bond donors (Lipinski definition) is 1. The number of anilines is 1. The lowest BCUT2D eigenvalue weighted by molar-refractivity contribution is -0.121. The summed E-state index contributed by atoms with van der Waals surface area (Å²) in [7, 11) is 2.08. The topological polar surface area (TPSA) is 85.2 Å². The van der Waals surface area contributed by atoms with Gasteiger partial charge in [-0.3, -0.25) is 4.79 Å². The van der Waals surface area contributed by atoms with Gasteiger partial charge in [-0.1, -0.05) is 42.5 Å². The van der Waals surface area contributed by atoms with Crippen LogP contribution in [0, 0.1) is 11.3 Å². The minimum absolute atomic E-state index is 0.360. The maximum absolute atomic E-state index is 12.9. The van der Waals surface area contributed by atoms with Gasteiger partial charge >= 0.3 is 0 Å². The molecule has 1 saturated heterocycles. The van der Waals surface area contributed by atoms with E-state index in [0.29, 0.717) is 23.6 Å². The Morgan fingerprint density at radius 3 is 2.33 bits per heavy atom. The van der Waals surface area contributed by atoms with Crippen molar-refractivity contribution in [1.82, 2.24) is 20.2 Å². The van der Waals surface area contributed by atoms with Crippen molar-refractivity contribution in [3.63, 3.8) is 0 Å². The Bertz CT molecular complexity index is 1070. The van der Waals surface area contributed by atoms with Gasteiger partial charge in [0.1, 0.15) is 5.69 Å². The number of carbonyl (C=O) groups is 1. The lowest BCUT2D eigenvalue weighted by Gasteiger charge is -2.34. The third-order valence-corrected chi connectivity index (χ3v) is 5.36. The number of benzene rings is 2. The molecule has 0 unspecified atom stereocenters. The minimum Gasteiger partial charge on any atom is -0.352 e. The number of carbonyl (C=O) groups excluding carboxylic acids is 1. The highest BCUT2D eigenvalue weighted by atomic mass is 16.1. The van der Waals surface area contributed by atoms with Crippen LogP contribution in [0.2, 0.25) is 0 Å². The largest absolute Gasteiger partial charge is 0.352 e. The highest BCUT2D eigenvalue weighted by Gasteiger charge is 2.29. The molecule has 1 atom stereocenters. The number of nitriles is 1. The molecule has 0 radical (unpaired) electrons. The van der Waals surface area contributed by atoms with Gasteiger partial charge in [0.05, 0.1) is 17.1 Å². The minimum atomic E-state index is -1.03. The summed E-state index contributed by atoms with van der Waals surface area (Å²) in [5, 5.41) is 12.8. The molecule has 0 spiro atoms. The van der Waals surface area contributed by atoms with E-state index in [2.05, 4.69) is 28.2 Å². The van der Waals surface area contributed by atoms with Crippen LogP contribution in [-0.2, 0) is 11.3 Å². The first-order chi connectivity index (χ1) is 14.7. The van der Waals surface area contributed by atoms with Crippen molar-refractivity contribution in [2.75, 3.05) is 38.1 Å². The van der Waals surface area contributed by atoms with Crippen LogP contribution in [0.1, 0.15) is 17.2 Å². The Kier molecular flexibility index (Phi) is 5.87. The molecule has 7 nitrogen and oxygen atoms in total. The van der Waals surface area contributed by atoms with Crippen LogP contribution in [0.5, 0.6) is 0 Å². The predicted molar refractivity (Wildman–Crippen MR) is 116 cm³/mol. The first kappa shape index (κ1) is 19.8. The van der Waals surface area contributed by atoms with Crippen LogP contribution in [0.25, 0.3) is 11.0 Å². The average Bonchev–Trinajstić information content (AvgIpc) is 2.79. The number of para-hydroxylation sites is 2. The zero-order valence-electron chi connectivity index (χ0n) is 17.0. The van der Waals surface area contributed by atoms with Crippen molar-refractivity contribution in [1.29, 1.82) is 5.26 Å². The van der Waals surface area contributed by atoms with E-state index in [9.17, 15) is 10.1 Å². The highest BCUT2D eigenvalue weighted by Crippen LogP contribution is 2.28. The first-order valence-electron chi connectivity index (χ1n) is 10.1. The number of piperazine rings is 1. The number of likely N-dealkylation sites (N-methyl/N-ethyl adjacent to an activating group) is 1. The Morgan fingerprint density at radius 2 is 1.67 bits per heavy atom. The average molecular weight is 400 g/mol. The molecule has 3 aromatic rings. The Labute approximate surface area is 176 Å². The molecule has 7 heteroatoms. The summed E-state index contributed by atoms with van der Waals surface area (Å²) >= 11 is 0. The summed E-state index contributed by atoms with van der Waals surface area (Å²) < 4.78 is 0. The lowest BCUT2D eigenvalue weighted by atomic mass is 10.0. The van der Waals surface area contributed by atoms with Crippen molar-refractivity contribution in [2.24, 2.45) is 0 Å². The molecular formula is C23H24N6O. The van der Waals surface area contributed by atoms with Crippen LogP contribution < -0.4 is 10.2 Å². The van der Waals surface area contributed by atoms with Crippen LogP contribution in [0.3, 0.4) is 0 Å². The molecule has 1 aliphatic heterocycles. The number of nitrogens with zero attached hydrogens (tertiary/aromatic N) is 5. The standard InChI is InChI=1S/C23H24N6O/c1-28-11-13-29(14-12-28)22-21(26-19-9-5-6-10-20(19)27-22)18(15-24)23(30)25-16-17-7-3-2-4-8-17/h2-10,18H,11-14,16H2,1H3,(H,25,30)/t18-/m1/s1. The van der Waals surface area contributed by atoms with Crippen molar-refractivity contribution < 1.29 is 4.79 Å². The molecule has 4 rings (SSSR count).